The molecule has 0 radical (unpaired) electrons. The lowest BCUT2D eigenvalue weighted by Crippen LogP contribution is -2.24. The van der Waals surface area contributed by atoms with E-state index in [2.05, 4.69) is 68.8 Å². The number of nitrogens with one attached hydrogen (secondary N) is 2. The van der Waals surface area contributed by atoms with Crippen LogP contribution in [0.2, 0.25) is 0 Å². The van der Waals surface area contributed by atoms with Crippen molar-refractivity contribution in [3.63, 3.8) is 0 Å². The Bertz CT molecular complexity index is 1420. The van der Waals surface area contributed by atoms with Crippen molar-refractivity contribution in [2.45, 2.75) is 45.7 Å². The number of anilines is 2. The summed E-state index contributed by atoms with van der Waals surface area (Å²) >= 11 is 0. The van der Waals surface area contributed by atoms with Crippen LogP contribution in [0.25, 0.3) is 16.9 Å². The van der Waals surface area contributed by atoms with Crippen LogP contribution in [0.4, 0.5) is 11.9 Å². The fourth-order valence-corrected chi connectivity index (χ4v) is 3.59. The van der Waals surface area contributed by atoms with E-state index in [0.29, 0.717) is 30.6 Å². The first-order chi connectivity index (χ1) is 19.2. The average Bonchev–Trinajstić information content (AvgIpc) is 3.39. The van der Waals surface area contributed by atoms with Gasteiger partial charge < -0.3 is 26.0 Å². The Hall–Kier alpha value is -4.84. The number of benzene rings is 1. The standard InChI is InChI=1S/C24H29N7O.C4H4O4/c1-4-19(15-32)28-23-29-22-20(16(2)3)14-27-31(22)24(30-23)26-13-17-8-10-18(11-9-17)21-7-5-6-12-25-21;5-3(6)1-2-4(7)8/h5-12,14,16,19,32H,4,13,15H2,1-3H3,(H2,26,28,29,30);1-2H,(H,5,6)(H,7,8)/b;2-1+/t19-;/m0./s1. The molecule has 5 N–H and O–H groups in total. The maximum Gasteiger partial charge on any atom is 0.328 e. The number of hydrogen-bond acceptors (Lipinski definition) is 9. The second kappa shape index (κ2) is 14.4. The minimum absolute atomic E-state index is 0.0206. The fraction of sp³-hybridized carbons (Fsp3) is 0.286. The summed E-state index contributed by atoms with van der Waals surface area (Å²) in [5.41, 5.74) is 4.96. The van der Waals surface area contributed by atoms with Crippen LogP contribution in [0.1, 0.15) is 44.2 Å². The molecule has 0 fully saturated rings. The van der Waals surface area contributed by atoms with Gasteiger partial charge in [-0.1, -0.05) is 51.1 Å². The molecule has 0 aliphatic heterocycles. The van der Waals surface area contributed by atoms with Gasteiger partial charge in [0, 0.05) is 36.0 Å². The van der Waals surface area contributed by atoms with Crippen molar-refractivity contribution < 1.29 is 24.9 Å². The zero-order valence-electron chi connectivity index (χ0n) is 22.5. The Kier molecular flexibility index (Phi) is 10.7. The van der Waals surface area contributed by atoms with Crippen LogP contribution in [0.5, 0.6) is 0 Å². The Labute approximate surface area is 231 Å². The third-order valence-electron chi connectivity index (χ3n) is 5.80. The van der Waals surface area contributed by atoms with Gasteiger partial charge in [0.05, 0.1) is 24.5 Å². The number of hydrogen-bond donors (Lipinski definition) is 5. The van der Waals surface area contributed by atoms with Gasteiger partial charge in [0.25, 0.3) is 0 Å². The first-order valence-electron chi connectivity index (χ1n) is 12.7. The first-order valence-corrected chi connectivity index (χ1v) is 12.7. The molecule has 12 nitrogen and oxygen atoms in total. The summed E-state index contributed by atoms with van der Waals surface area (Å²) < 4.78 is 1.74. The molecule has 0 spiro atoms. The molecule has 1 aromatic carbocycles. The highest BCUT2D eigenvalue weighted by Gasteiger charge is 2.16. The monoisotopic (exact) mass is 547 g/mol. The minimum Gasteiger partial charge on any atom is -0.478 e. The van der Waals surface area contributed by atoms with Crippen LogP contribution < -0.4 is 10.6 Å². The van der Waals surface area contributed by atoms with E-state index >= 15 is 0 Å². The predicted molar refractivity (Wildman–Crippen MR) is 151 cm³/mol. The van der Waals surface area contributed by atoms with E-state index in [4.69, 9.17) is 10.2 Å². The molecular weight excluding hydrogens is 514 g/mol. The fourth-order valence-electron chi connectivity index (χ4n) is 3.59. The quantitative estimate of drug-likeness (QED) is 0.173. The highest BCUT2D eigenvalue weighted by Crippen LogP contribution is 2.23. The smallest absolute Gasteiger partial charge is 0.328 e. The van der Waals surface area contributed by atoms with Crippen LogP contribution >= 0.6 is 0 Å². The number of aliphatic hydroxyl groups excluding tert-OH is 1. The van der Waals surface area contributed by atoms with E-state index < -0.39 is 11.9 Å². The van der Waals surface area contributed by atoms with Crippen LogP contribution in [-0.4, -0.2) is 64.5 Å². The number of rotatable bonds is 11. The third-order valence-corrected chi connectivity index (χ3v) is 5.80. The number of nitrogens with zero attached hydrogens (tertiary/aromatic N) is 5. The van der Waals surface area contributed by atoms with Gasteiger partial charge in [-0.2, -0.15) is 19.6 Å². The molecule has 0 aliphatic rings. The van der Waals surface area contributed by atoms with E-state index in [0.717, 1.165) is 34.5 Å². The minimum atomic E-state index is -1.26. The van der Waals surface area contributed by atoms with Crippen molar-refractivity contribution >= 4 is 29.5 Å². The lowest BCUT2D eigenvalue weighted by Gasteiger charge is -2.16. The van der Waals surface area contributed by atoms with Gasteiger partial charge >= 0.3 is 11.9 Å². The van der Waals surface area contributed by atoms with Crippen molar-refractivity contribution in [2.24, 2.45) is 0 Å². The summed E-state index contributed by atoms with van der Waals surface area (Å²) in [7, 11) is 0. The van der Waals surface area contributed by atoms with Gasteiger partial charge in [-0.15, -0.1) is 0 Å². The van der Waals surface area contributed by atoms with Gasteiger partial charge in [0.15, 0.2) is 5.65 Å². The number of aliphatic hydroxyl groups is 1. The summed E-state index contributed by atoms with van der Waals surface area (Å²) in [6.07, 6.45) is 5.53. The largest absolute Gasteiger partial charge is 0.478 e. The normalized spacial score (nSPS) is 11.7. The van der Waals surface area contributed by atoms with Crippen molar-refractivity contribution in [3.05, 3.63) is 78.1 Å². The van der Waals surface area contributed by atoms with Crippen molar-refractivity contribution in [2.75, 3.05) is 17.2 Å². The number of fused-ring (bicyclic) bond motifs is 1. The van der Waals surface area contributed by atoms with Crippen molar-refractivity contribution in [1.29, 1.82) is 0 Å². The van der Waals surface area contributed by atoms with E-state index in [-0.39, 0.29) is 18.6 Å². The Balaban J connectivity index is 0.000000482. The molecule has 0 unspecified atom stereocenters. The maximum absolute atomic E-state index is 9.57. The topological polar surface area (TPSA) is 175 Å². The molecule has 40 heavy (non-hydrogen) atoms. The highest BCUT2D eigenvalue weighted by molar-refractivity contribution is 5.89. The molecule has 3 aromatic heterocycles. The summed E-state index contributed by atoms with van der Waals surface area (Å²) in [5, 5.41) is 36.3. The number of carboxylic acids is 2. The number of carbonyl (C=O) groups is 2. The third kappa shape index (κ3) is 8.33. The lowest BCUT2D eigenvalue weighted by atomic mass is 10.1. The van der Waals surface area contributed by atoms with Crippen molar-refractivity contribution in [3.8, 4) is 11.3 Å². The molecule has 0 amide bonds. The molecular formula is C28H33N7O5. The maximum atomic E-state index is 9.57. The molecule has 4 aromatic rings. The van der Waals surface area contributed by atoms with Gasteiger partial charge in [-0.25, -0.2) is 9.59 Å². The summed E-state index contributed by atoms with van der Waals surface area (Å²) in [6.45, 7) is 6.85. The van der Waals surface area contributed by atoms with Crippen LogP contribution in [0.15, 0.2) is 67.0 Å². The molecule has 210 valence electrons. The molecule has 1 atom stereocenters. The van der Waals surface area contributed by atoms with E-state index in [1.54, 1.807) is 10.7 Å². The molecule has 0 bridgehead atoms. The SMILES string of the molecule is CC[C@@H](CO)Nc1nc(NCc2ccc(-c3ccccn3)cc2)n2ncc(C(C)C)c2n1.O=C(O)/C=C/C(=O)O. The van der Waals surface area contributed by atoms with E-state index in [1.165, 1.54) is 0 Å². The van der Waals surface area contributed by atoms with Gasteiger partial charge in [-0.3, -0.25) is 4.98 Å². The highest BCUT2D eigenvalue weighted by atomic mass is 16.4. The van der Waals surface area contributed by atoms with E-state index in [9.17, 15) is 14.7 Å². The van der Waals surface area contributed by atoms with Crippen LogP contribution in [-0.2, 0) is 16.1 Å². The summed E-state index contributed by atoms with van der Waals surface area (Å²) in [4.78, 5) is 32.8. The zero-order chi connectivity index (χ0) is 29.1. The van der Waals surface area contributed by atoms with Gasteiger partial charge in [-0.05, 0) is 30.0 Å². The zero-order valence-corrected chi connectivity index (χ0v) is 22.5. The van der Waals surface area contributed by atoms with E-state index in [1.807, 2.05) is 31.3 Å². The van der Waals surface area contributed by atoms with Crippen LogP contribution in [0, 0.1) is 0 Å². The summed E-state index contributed by atoms with van der Waals surface area (Å²) in [6, 6.07) is 14.1. The first kappa shape index (κ1) is 29.7. The molecule has 3 heterocycles. The number of carboxylic acid groups (broad SMARTS) is 2. The molecule has 4 rings (SSSR count). The summed E-state index contributed by atoms with van der Waals surface area (Å²) in [5.74, 6) is -1.15. The number of aromatic nitrogens is 5. The molecule has 0 aliphatic carbocycles. The second-order valence-corrected chi connectivity index (χ2v) is 9.07. The molecule has 0 saturated carbocycles. The molecule has 12 heteroatoms. The average molecular weight is 548 g/mol. The Morgan fingerprint density at radius 1 is 1.02 bits per heavy atom. The Morgan fingerprint density at radius 3 is 2.27 bits per heavy atom. The predicted octanol–water partition coefficient (Wildman–Crippen LogP) is 3.82. The van der Waals surface area contributed by atoms with Gasteiger partial charge in [0.1, 0.15) is 0 Å². The van der Waals surface area contributed by atoms with Crippen LogP contribution in [0.3, 0.4) is 0 Å². The van der Waals surface area contributed by atoms with Crippen molar-refractivity contribution in [1.82, 2.24) is 24.6 Å². The van der Waals surface area contributed by atoms with Gasteiger partial charge in [0.2, 0.25) is 11.9 Å². The lowest BCUT2D eigenvalue weighted by molar-refractivity contribution is -0.134. The second-order valence-electron chi connectivity index (χ2n) is 9.07. The number of aliphatic carboxylic acids is 2. The molecule has 0 saturated heterocycles. The Morgan fingerprint density at radius 2 is 1.73 bits per heavy atom. The number of pyridine rings is 1.